The molecule has 1 saturated carbocycles. The zero-order chi connectivity index (χ0) is 15.1. The van der Waals surface area contributed by atoms with E-state index in [2.05, 4.69) is 10.6 Å². The minimum Gasteiger partial charge on any atom is -0.388 e. The number of hydrogen-bond acceptors (Lipinski definition) is 2. The van der Waals surface area contributed by atoms with E-state index in [0.29, 0.717) is 5.02 Å². The van der Waals surface area contributed by atoms with Crippen molar-refractivity contribution in [3.05, 3.63) is 41.1 Å². The first kappa shape index (κ1) is 15.9. The van der Waals surface area contributed by atoms with Crippen molar-refractivity contribution in [2.75, 3.05) is 11.9 Å². The molecule has 0 bridgehead atoms. The highest BCUT2D eigenvalue weighted by Gasteiger charge is 2.12. The van der Waals surface area contributed by atoms with Gasteiger partial charge in [-0.3, -0.25) is 4.79 Å². The second-order valence-corrected chi connectivity index (χ2v) is 6.14. The Balaban J connectivity index is 1.77. The third-order valence-corrected chi connectivity index (χ3v) is 4.11. The Morgan fingerprint density at radius 2 is 1.90 bits per heavy atom. The predicted octanol–water partition coefficient (Wildman–Crippen LogP) is 4.35. The van der Waals surface area contributed by atoms with Crippen LogP contribution in [0.3, 0.4) is 0 Å². The molecular formula is C17H23ClN2O. The fourth-order valence-electron chi connectivity index (χ4n) is 2.66. The van der Waals surface area contributed by atoms with E-state index < -0.39 is 0 Å². The minimum absolute atomic E-state index is 0.119. The molecule has 1 aliphatic carbocycles. The van der Waals surface area contributed by atoms with Crippen LogP contribution in [0.4, 0.5) is 5.69 Å². The summed E-state index contributed by atoms with van der Waals surface area (Å²) < 4.78 is 0. The molecule has 0 aromatic heterocycles. The van der Waals surface area contributed by atoms with Crippen LogP contribution in [0, 0.1) is 5.92 Å². The molecule has 1 aromatic carbocycles. The van der Waals surface area contributed by atoms with Crippen LogP contribution in [0.25, 0.3) is 0 Å². The Morgan fingerprint density at radius 3 is 2.57 bits per heavy atom. The molecule has 2 rings (SSSR count). The number of nitrogens with one attached hydrogen (secondary N) is 2. The summed E-state index contributed by atoms with van der Waals surface area (Å²) in [6.45, 7) is 2.90. The van der Waals surface area contributed by atoms with E-state index in [1.807, 2.05) is 6.92 Å². The molecule has 0 heterocycles. The molecular weight excluding hydrogens is 284 g/mol. The van der Waals surface area contributed by atoms with Gasteiger partial charge in [0, 0.05) is 29.0 Å². The normalized spacial score (nSPS) is 16.6. The number of benzene rings is 1. The van der Waals surface area contributed by atoms with Gasteiger partial charge in [-0.15, -0.1) is 0 Å². The van der Waals surface area contributed by atoms with Crippen molar-refractivity contribution in [2.24, 2.45) is 5.92 Å². The Kier molecular flexibility index (Phi) is 6.12. The molecule has 3 nitrogen and oxygen atoms in total. The average Bonchev–Trinajstić information content (AvgIpc) is 2.48. The van der Waals surface area contributed by atoms with Crippen LogP contribution in [0.2, 0.25) is 5.02 Å². The minimum atomic E-state index is -0.119. The predicted molar refractivity (Wildman–Crippen MR) is 88.4 cm³/mol. The largest absolute Gasteiger partial charge is 0.388 e. The van der Waals surface area contributed by atoms with Crippen LogP contribution in [0.5, 0.6) is 0 Å². The first-order valence-electron chi connectivity index (χ1n) is 7.62. The molecule has 0 spiro atoms. The number of anilines is 1. The lowest BCUT2D eigenvalue weighted by Gasteiger charge is -2.22. The molecule has 0 unspecified atom stereocenters. The summed E-state index contributed by atoms with van der Waals surface area (Å²) in [7, 11) is 0. The first-order valence-corrected chi connectivity index (χ1v) is 8.00. The number of carbonyl (C=O) groups excluding carboxylic acids is 1. The van der Waals surface area contributed by atoms with Crippen LogP contribution in [0.15, 0.2) is 36.0 Å². The summed E-state index contributed by atoms with van der Waals surface area (Å²) in [5.41, 5.74) is 1.66. The third-order valence-electron chi connectivity index (χ3n) is 3.85. The van der Waals surface area contributed by atoms with Gasteiger partial charge in [0.25, 0.3) is 0 Å². The number of hydrogen-bond donors (Lipinski definition) is 2. The van der Waals surface area contributed by atoms with E-state index in [-0.39, 0.29) is 5.91 Å². The highest BCUT2D eigenvalue weighted by molar-refractivity contribution is 6.30. The lowest BCUT2D eigenvalue weighted by Crippen LogP contribution is -2.24. The Hall–Kier alpha value is -1.48. The molecule has 1 aromatic rings. The number of allylic oxidation sites excluding steroid dienone is 1. The summed E-state index contributed by atoms with van der Waals surface area (Å²) in [5.74, 6) is 0.632. The SMILES string of the molecule is C/C(=C\C(=O)Nc1ccc(Cl)cc1)NCC1CCCCC1. The Morgan fingerprint density at radius 1 is 1.24 bits per heavy atom. The fraction of sp³-hybridized carbons (Fsp3) is 0.471. The number of rotatable bonds is 5. The quantitative estimate of drug-likeness (QED) is 0.794. The average molecular weight is 307 g/mol. The molecule has 21 heavy (non-hydrogen) atoms. The molecule has 0 atom stereocenters. The zero-order valence-electron chi connectivity index (χ0n) is 12.5. The molecule has 1 aliphatic rings. The molecule has 0 aliphatic heterocycles. The highest BCUT2D eigenvalue weighted by Crippen LogP contribution is 2.22. The van der Waals surface area contributed by atoms with E-state index in [4.69, 9.17) is 11.6 Å². The van der Waals surface area contributed by atoms with Gasteiger partial charge in [0.05, 0.1) is 0 Å². The first-order chi connectivity index (χ1) is 10.1. The fourth-order valence-corrected chi connectivity index (χ4v) is 2.78. The van der Waals surface area contributed by atoms with Gasteiger partial charge in [-0.05, 0) is 49.9 Å². The van der Waals surface area contributed by atoms with Crippen LogP contribution < -0.4 is 10.6 Å². The van der Waals surface area contributed by atoms with Gasteiger partial charge in [0.1, 0.15) is 0 Å². The van der Waals surface area contributed by atoms with E-state index in [0.717, 1.165) is 23.8 Å². The number of carbonyl (C=O) groups is 1. The second kappa shape index (κ2) is 8.08. The van der Waals surface area contributed by atoms with E-state index >= 15 is 0 Å². The molecule has 114 valence electrons. The third kappa shape index (κ3) is 5.80. The van der Waals surface area contributed by atoms with Gasteiger partial charge >= 0.3 is 0 Å². The number of halogens is 1. The summed E-state index contributed by atoms with van der Waals surface area (Å²) in [4.78, 5) is 11.9. The van der Waals surface area contributed by atoms with Crippen molar-refractivity contribution in [3.63, 3.8) is 0 Å². The molecule has 4 heteroatoms. The monoisotopic (exact) mass is 306 g/mol. The highest BCUT2D eigenvalue weighted by atomic mass is 35.5. The van der Waals surface area contributed by atoms with Crippen molar-refractivity contribution in [2.45, 2.75) is 39.0 Å². The molecule has 1 amide bonds. The maximum atomic E-state index is 11.9. The van der Waals surface area contributed by atoms with Crippen molar-refractivity contribution in [3.8, 4) is 0 Å². The molecule has 1 fully saturated rings. The van der Waals surface area contributed by atoms with Crippen molar-refractivity contribution in [1.82, 2.24) is 5.32 Å². The van der Waals surface area contributed by atoms with Gasteiger partial charge in [-0.2, -0.15) is 0 Å². The maximum absolute atomic E-state index is 11.9. The smallest absolute Gasteiger partial charge is 0.250 e. The van der Waals surface area contributed by atoms with Gasteiger partial charge < -0.3 is 10.6 Å². The van der Waals surface area contributed by atoms with Crippen molar-refractivity contribution < 1.29 is 4.79 Å². The van der Waals surface area contributed by atoms with Gasteiger partial charge in [0.15, 0.2) is 0 Å². The summed E-state index contributed by atoms with van der Waals surface area (Å²) in [5, 5.41) is 6.84. The summed E-state index contributed by atoms with van der Waals surface area (Å²) in [6.07, 6.45) is 8.26. The van der Waals surface area contributed by atoms with Crippen molar-refractivity contribution in [1.29, 1.82) is 0 Å². The van der Waals surface area contributed by atoms with Crippen molar-refractivity contribution >= 4 is 23.2 Å². The number of amides is 1. The molecule has 0 radical (unpaired) electrons. The van der Waals surface area contributed by atoms with E-state index in [1.165, 1.54) is 32.1 Å². The lowest BCUT2D eigenvalue weighted by molar-refractivity contribution is -0.112. The lowest BCUT2D eigenvalue weighted by atomic mass is 9.89. The van der Waals surface area contributed by atoms with Crippen LogP contribution in [0.1, 0.15) is 39.0 Å². The summed E-state index contributed by atoms with van der Waals surface area (Å²) in [6, 6.07) is 7.10. The van der Waals surface area contributed by atoms with E-state index in [9.17, 15) is 4.79 Å². The van der Waals surface area contributed by atoms with Gasteiger partial charge in [-0.1, -0.05) is 30.9 Å². The van der Waals surface area contributed by atoms with Crippen LogP contribution in [-0.4, -0.2) is 12.5 Å². The van der Waals surface area contributed by atoms with E-state index in [1.54, 1.807) is 30.3 Å². The summed E-state index contributed by atoms with van der Waals surface area (Å²) >= 11 is 5.81. The molecule has 2 N–H and O–H groups in total. The maximum Gasteiger partial charge on any atom is 0.250 e. The van der Waals surface area contributed by atoms with Crippen LogP contribution in [-0.2, 0) is 4.79 Å². The zero-order valence-corrected chi connectivity index (χ0v) is 13.2. The van der Waals surface area contributed by atoms with Gasteiger partial charge in [0.2, 0.25) is 5.91 Å². The topological polar surface area (TPSA) is 41.1 Å². The van der Waals surface area contributed by atoms with Gasteiger partial charge in [-0.25, -0.2) is 0 Å². The standard InChI is InChI=1S/C17H23ClN2O/c1-13(19-12-14-5-3-2-4-6-14)11-17(21)20-16-9-7-15(18)8-10-16/h7-11,14,19H,2-6,12H2,1H3,(H,20,21)/b13-11+. The Bertz CT molecular complexity index is 490. The second-order valence-electron chi connectivity index (χ2n) is 5.71. The Labute approximate surface area is 131 Å². The van der Waals surface area contributed by atoms with Crippen LogP contribution >= 0.6 is 11.6 Å². The molecule has 0 saturated heterocycles.